The van der Waals surface area contributed by atoms with Crippen LogP contribution in [-0.2, 0) is 11.3 Å². The van der Waals surface area contributed by atoms with Crippen LogP contribution < -0.4 is 10.1 Å². The number of pyridine rings is 1. The molecule has 0 aliphatic rings. The number of hydrogen-bond acceptors (Lipinski definition) is 4. The quantitative estimate of drug-likeness (QED) is 0.666. The summed E-state index contributed by atoms with van der Waals surface area (Å²) >= 11 is 0. The van der Waals surface area contributed by atoms with Gasteiger partial charge >= 0.3 is 5.97 Å². The number of aliphatic carboxylic acids is 1. The molecule has 0 fully saturated rings. The molecule has 2 aromatic heterocycles. The fraction of sp³-hybridized carbons (Fsp3) is 0.250. The van der Waals surface area contributed by atoms with Crippen LogP contribution in [0, 0.1) is 0 Å². The Labute approximate surface area is 156 Å². The zero-order chi connectivity index (χ0) is 19.4. The molecule has 1 amide bonds. The lowest BCUT2D eigenvalue weighted by Crippen LogP contribution is -2.14. The number of nitrogens with zero attached hydrogens (tertiary/aromatic N) is 2. The highest BCUT2D eigenvalue weighted by atomic mass is 16.5. The zero-order valence-corrected chi connectivity index (χ0v) is 15.2. The van der Waals surface area contributed by atoms with Crippen molar-refractivity contribution in [1.29, 1.82) is 0 Å². The number of rotatable bonds is 7. The third-order valence-electron chi connectivity index (χ3n) is 4.23. The molecular formula is C20H21N3O4. The summed E-state index contributed by atoms with van der Waals surface area (Å²) in [6, 6.07) is 10.4. The Balaban J connectivity index is 1.76. The normalized spacial score (nSPS) is 11.9. The predicted molar refractivity (Wildman–Crippen MR) is 102 cm³/mol. The van der Waals surface area contributed by atoms with Crippen molar-refractivity contribution in [2.45, 2.75) is 32.9 Å². The van der Waals surface area contributed by atoms with Gasteiger partial charge in [0.15, 0.2) is 0 Å². The fourth-order valence-corrected chi connectivity index (χ4v) is 2.67. The van der Waals surface area contributed by atoms with Gasteiger partial charge in [-0.2, -0.15) is 0 Å². The van der Waals surface area contributed by atoms with E-state index in [4.69, 9.17) is 9.84 Å². The summed E-state index contributed by atoms with van der Waals surface area (Å²) < 4.78 is 7.30. The minimum absolute atomic E-state index is 0.0213. The highest BCUT2D eigenvalue weighted by Gasteiger charge is 2.11. The molecule has 0 bridgehead atoms. The minimum atomic E-state index is -0.905. The molecule has 0 aliphatic carbocycles. The van der Waals surface area contributed by atoms with Crippen LogP contribution in [0.4, 0.5) is 5.69 Å². The predicted octanol–water partition coefficient (Wildman–Crippen LogP) is 3.55. The number of aromatic nitrogens is 2. The first-order chi connectivity index (χ1) is 13.0. The van der Waals surface area contributed by atoms with Gasteiger partial charge < -0.3 is 19.7 Å². The number of carbonyl (C=O) groups is 2. The number of nitrogens with one attached hydrogen (secondary N) is 1. The molecule has 2 heterocycles. The number of ether oxygens (including phenoxy) is 1. The van der Waals surface area contributed by atoms with Gasteiger partial charge in [0, 0.05) is 40.6 Å². The lowest BCUT2D eigenvalue weighted by atomic mass is 10.2. The Bertz CT molecular complexity index is 980. The molecule has 0 saturated carbocycles. The van der Waals surface area contributed by atoms with Crippen LogP contribution in [0.3, 0.4) is 0 Å². The van der Waals surface area contributed by atoms with Crippen LogP contribution in [0.15, 0.2) is 48.8 Å². The lowest BCUT2D eigenvalue weighted by Gasteiger charge is -2.12. The summed E-state index contributed by atoms with van der Waals surface area (Å²) in [6.07, 6.45) is 4.13. The SMILES string of the molecule is CCC(C)Oc1cc(C(=O)Nc2ccc3c(ccn3CC(=O)O)c2)ccn1. The second kappa shape index (κ2) is 7.90. The first-order valence-electron chi connectivity index (χ1n) is 8.71. The monoisotopic (exact) mass is 367 g/mol. The van der Waals surface area contributed by atoms with E-state index in [0.29, 0.717) is 17.1 Å². The van der Waals surface area contributed by atoms with Crippen LogP contribution in [0.5, 0.6) is 5.88 Å². The summed E-state index contributed by atoms with van der Waals surface area (Å²) in [6.45, 7) is 3.85. The van der Waals surface area contributed by atoms with Gasteiger partial charge in [-0.3, -0.25) is 9.59 Å². The summed E-state index contributed by atoms with van der Waals surface area (Å²) in [7, 11) is 0. The highest BCUT2D eigenvalue weighted by Crippen LogP contribution is 2.21. The summed E-state index contributed by atoms with van der Waals surface area (Å²) in [5.74, 6) is -0.757. The number of carboxylic acid groups (broad SMARTS) is 1. The van der Waals surface area contributed by atoms with E-state index in [1.54, 1.807) is 41.2 Å². The average Bonchev–Trinajstić information content (AvgIpc) is 3.03. The van der Waals surface area contributed by atoms with Crippen molar-refractivity contribution in [2.24, 2.45) is 0 Å². The van der Waals surface area contributed by atoms with Gasteiger partial charge in [-0.1, -0.05) is 6.92 Å². The number of amides is 1. The molecule has 1 unspecified atom stereocenters. The Morgan fingerprint density at radius 3 is 2.81 bits per heavy atom. The Hall–Kier alpha value is -3.35. The molecule has 0 saturated heterocycles. The summed E-state index contributed by atoms with van der Waals surface area (Å²) in [5.41, 5.74) is 1.87. The smallest absolute Gasteiger partial charge is 0.323 e. The van der Waals surface area contributed by atoms with Crippen LogP contribution in [0.1, 0.15) is 30.6 Å². The molecule has 3 aromatic rings. The maximum Gasteiger partial charge on any atom is 0.323 e. The van der Waals surface area contributed by atoms with Crippen LogP contribution in [0.2, 0.25) is 0 Å². The molecule has 7 nitrogen and oxygen atoms in total. The third-order valence-corrected chi connectivity index (χ3v) is 4.23. The van der Waals surface area contributed by atoms with E-state index in [-0.39, 0.29) is 18.6 Å². The number of carboxylic acids is 1. The van der Waals surface area contributed by atoms with Gasteiger partial charge in [0.05, 0.1) is 6.10 Å². The second-order valence-electron chi connectivity index (χ2n) is 6.28. The van der Waals surface area contributed by atoms with E-state index in [1.165, 1.54) is 0 Å². The van der Waals surface area contributed by atoms with Gasteiger partial charge in [-0.25, -0.2) is 4.98 Å². The highest BCUT2D eigenvalue weighted by molar-refractivity contribution is 6.05. The molecule has 27 heavy (non-hydrogen) atoms. The van der Waals surface area contributed by atoms with Gasteiger partial charge in [0.1, 0.15) is 6.54 Å². The van der Waals surface area contributed by atoms with Crippen molar-refractivity contribution in [3.63, 3.8) is 0 Å². The Morgan fingerprint density at radius 1 is 1.26 bits per heavy atom. The largest absolute Gasteiger partial charge is 0.480 e. The van der Waals surface area contributed by atoms with E-state index in [9.17, 15) is 9.59 Å². The number of benzene rings is 1. The molecule has 3 rings (SSSR count). The number of fused-ring (bicyclic) bond motifs is 1. The summed E-state index contributed by atoms with van der Waals surface area (Å²) in [4.78, 5) is 27.6. The van der Waals surface area contributed by atoms with E-state index in [1.807, 2.05) is 26.0 Å². The third kappa shape index (κ3) is 4.44. The summed E-state index contributed by atoms with van der Waals surface area (Å²) in [5, 5.41) is 12.6. The van der Waals surface area contributed by atoms with E-state index in [0.717, 1.165) is 17.3 Å². The standard InChI is InChI=1S/C20H21N3O4/c1-3-13(2)27-18-11-15(6-8-21-18)20(26)22-16-4-5-17-14(10-16)7-9-23(17)12-19(24)25/h4-11,13H,3,12H2,1-2H3,(H,22,26)(H,24,25). The van der Waals surface area contributed by atoms with Gasteiger partial charge in [0.25, 0.3) is 5.91 Å². The number of hydrogen-bond donors (Lipinski definition) is 2. The molecule has 7 heteroatoms. The zero-order valence-electron chi connectivity index (χ0n) is 15.2. The molecule has 0 spiro atoms. The molecule has 140 valence electrons. The van der Waals surface area contributed by atoms with Crippen LogP contribution in [-0.4, -0.2) is 32.6 Å². The fourth-order valence-electron chi connectivity index (χ4n) is 2.67. The van der Waals surface area contributed by atoms with Crippen molar-refractivity contribution in [2.75, 3.05) is 5.32 Å². The first kappa shape index (κ1) is 18.4. The van der Waals surface area contributed by atoms with E-state index >= 15 is 0 Å². The van der Waals surface area contributed by atoms with Crippen molar-refractivity contribution in [3.05, 3.63) is 54.4 Å². The molecule has 2 N–H and O–H groups in total. The van der Waals surface area contributed by atoms with Crippen molar-refractivity contribution < 1.29 is 19.4 Å². The van der Waals surface area contributed by atoms with Crippen LogP contribution in [0.25, 0.3) is 10.9 Å². The van der Waals surface area contributed by atoms with Crippen molar-refractivity contribution in [3.8, 4) is 5.88 Å². The minimum Gasteiger partial charge on any atom is -0.480 e. The van der Waals surface area contributed by atoms with Gasteiger partial charge in [-0.15, -0.1) is 0 Å². The number of anilines is 1. The van der Waals surface area contributed by atoms with Crippen molar-refractivity contribution in [1.82, 2.24) is 9.55 Å². The van der Waals surface area contributed by atoms with Crippen LogP contribution >= 0.6 is 0 Å². The molecule has 1 atom stereocenters. The molecule has 0 radical (unpaired) electrons. The van der Waals surface area contributed by atoms with E-state index in [2.05, 4.69) is 10.3 Å². The molecule has 1 aromatic carbocycles. The van der Waals surface area contributed by atoms with Crippen molar-refractivity contribution >= 4 is 28.5 Å². The maximum atomic E-state index is 12.5. The first-order valence-corrected chi connectivity index (χ1v) is 8.71. The second-order valence-corrected chi connectivity index (χ2v) is 6.28. The number of carbonyl (C=O) groups excluding carboxylic acids is 1. The average molecular weight is 367 g/mol. The van der Waals surface area contributed by atoms with Gasteiger partial charge in [0.2, 0.25) is 5.88 Å². The Kier molecular flexibility index (Phi) is 5.40. The topological polar surface area (TPSA) is 93.5 Å². The van der Waals surface area contributed by atoms with Gasteiger partial charge in [-0.05, 0) is 43.7 Å². The van der Waals surface area contributed by atoms with E-state index < -0.39 is 5.97 Å². The lowest BCUT2D eigenvalue weighted by molar-refractivity contribution is -0.137. The molecule has 0 aliphatic heterocycles. The Morgan fingerprint density at radius 2 is 2.07 bits per heavy atom. The maximum absolute atomic E-state index is 12.5. The molecular weight excluding hydrogens is 346 g/mol.